The lowest BCUT2D eigenvalue weighted by molar-refractivity contribution is 0.231. The molecule has 0 unspecified atom stereocenters. The van der Waals surface area contributed by atoms with E-state index in [1.165, 1.54) is 12.1 Å². The van der Waals surface area contributed by atoms with Crippen molar-refractivity contribution in [1.29, 1.82) is 0 Å². The van der Waals surface area contributed by atoms with Crippen molar-refractivity contribution in [2.45, 2.75) is 46.3 Å². The van der Waals surface area contributed by atoms with Gasteiger partial charge in [-0.05, 0) is 46.8 Å². The molecular weight excluding hydrogens is 247 g/mol. The summed E-state index contributed by atoms with van der Waals surface area (Å²) in [5.41, 5.74) is 0.0407. The molecule has 5 heteroatoms. The van der Waals surface area contributed by atoms with E-state index in [4.69, 9.17) is 4.74 Å². The Labute approximate surface area is 113 Å². The van der Waals surface area contributed by atoms with Crippen molar-refractivity contribution in [2.75, 3.05) is 5.32 Å². The van der Waals surface area contributed by atoms with Gasteiger partial charge >= 0.3 is 6.03 Å². The molecule has 0 aliphatic rings. The molecule has 2 N–H and O–H groups in total. The minimum atomic E-state index is -0.498. The van der Waals surface area contributed by atoms with Crippen LogP contribution in [0.25, 0.3) is 0 Å². The number of hydrogen-bond acceptors (Lipinski definition) is 2. The summed E-state index contributed by atoms with van der Waals surface area (Å²) < 4.78 is 19.0. The molecule has 0 aliphatic carbocycles. The average molecular weight is 268 g/mol. The number of hydrogen-bond donors (Lipinski definition) is 2. The number of urea groups is 1. The van der Waals surface area contributed by atoms with Gasteiger partial charge in [0.1, 0.15) is 0 Å². The van der Waals surface area contributed by atoms with Gasteiger partial charge in [-0.1, -0.05) is 0 Å². The highest BCUT2D eigenvalue weighted by molar-refractivity contribution is 5.89. The highest BCUT2D eigenvalue weighted by Crippen LogP contribution is 2.22. The van der Waals surface area contributed by atoms with Crippen LogP contribution in [-0.4, -0.2) is 17.7 Å². The monoisotopic (exact) mass is 268 g/mol. The number of halogens is 1. The smallest absolute Gasteiger partial charge is 0.319 e. The first-order valence-electron chi connectivity index (χ1n) is 6.23. The zero-order chi connectivity index (χ0) is 14.6. The molecule has 0 saturated carbocycles. The van der Waals surface area contributed by atoms with E-state index in [-0.39, 0.29) is 23.4 Å². The first-order chi connectivity index (χ1) is 8.67. The summed E-state index contributed by atoms with van der Waals surface area (Å²) in [7, 11) is 0. The molecule has 19 heavy (non-hydrogen) atoms. The van der Waals surface area contributed by atoms with Crippen molar-refractivity contribution in [3.63, 3.8) is 0 Å². The van der Waals surface area contributed by atoms with Crippen LogP contribution >= 0.6 is 0 Å². The number of benzene rings is 1. The molecule has 1 aromatic rings. The van der Waals surface area contributed by atoms with Gasteiger partial charge in [0.15, 0.2) is 11.6 Å². The second-order valence-electron chi connectivity index (χ2n) is 5.64. The third-order valence-electron chi connectivity index (χ3n) is 2.04. The lowest BCUT2D eigenvalue weighted by Gasteiger charge is -2.21. The molecular formula is C14H21FN2O2. The quantitative estimate of drug-likeness (QED) is 0.881. The van der Waals surface area contributed by atoms with Crippen molar-refractivity contribution in [2.24, 2.45) is 0 Å². The van der Waals surface area contributed by atoms with Crippen LogP contribution in [-0.2, 0) is 0 Å². The van der Waals surface area contributed by atoms with Gasteiger partial charge in [0.05, 0.1) is 6.10 Å². The molecule has 0 aliphatic heterocycles. The first kappa shape index (κ1) is 15.3. The van der Waals surface area contributed by atoms with E-state index < -0.39 is 5.82 Å². The van der Waals surface area contributed by atoms with Gasteiger partial charge in [-0.3, -0.25) is 0 Å². The van der Waals surface area contributed by atoms with Crippen LogP contribution in [0.3, 0.4) is 0 Å². The van der Waals surface area contributed by atoms with Crippen molar-refractivity contribution in [1.82, 2.24) is 5.32 Å². The molecule has 0 saturated heterocycles. The van der Waals surface area contributed by atoms with Gasteiger partial charge in [0, 0.05) is 17.3 Å². The minimum Gasteiger partial charge on any atom is -0.488 e. The second kappa shape index (κ2) is 5.91. The number of nitrogens with one attached hydrogen (secondary N) is 2. The fraction of sp³-hybridized carbons (Fsp3) is 0.500. The van der Waals surface area contributed by atoms with E-state index in [9.17, 15) is 9.18 Å². The minimum absolute atomic E-state index is 0.0995. The maximum Gasteiger partial charge on any atom is 0.319 e. The zero-order valence-electron chi connectivity index (χ0n) is 12.0. The maximum absolute atomic E-state index is 13.7. The number of carbonyl (C=O) groups excluding carboxylic acids is 1. The van der Waals surface area contributed by atoms with Crippen LogP contribution in [0.5, 0.6) is 5.75 Å². The number of carbonyl (C=O) groups is 1. The summed E-state index contributed by atoms with van der Waals surface area (Å²) in [6.45, 7) is 9.25. The van der Waals surface area contributed by atoms with E-state index in [0.717, 1.165) is 0 Å². The highest BCUT2D eigenvalue weighted by Gasteiger charge is 2.14. The maximum atomic E-state index is 13.7. The van der Waals surface area contributed by atoms with E-state index >= 15 is 0 Å². The van der Waals surface area contributed by atoms with E-state index in [0.29, 0.717) is 5.69 Å². The fourth-order valence-electron chi connectivity index (χ4n) is 1.43. The highest BCUT2D eigenvalue weighted by atomic mass is 19.1. The Balaban J connectivity index is 2.71. The van der Waals surface area contributed by atoms with Crippen LogP contribution in [0, 0.1) is 5.82 Å². The zero-order valence-corrected chi connectivity index (χ0v) is 12.0. The molecule has 2 amide bonds. The van der Waals surface area contributed by atoms with E-state index in [1.807, 2.05) is 34.6 Å². The predicted molar refractivity (Wildman–Crippen MR) is 74.1 cm³/mol. The van der Waals surface area contributed by atoms with Crippen LogP contribution in [0.4, 0.5) is 14.9 Å². The number of rotatable bonds is 3. The summed E-state index contributed by atoms with van der Waals surface area (Å²) >= 11 is 0. The van der Waals surface area contributed by atoms with Gasteiger partial charge in [-0.25, -0.2) is 9.18 Å². The normalized spacial score (nSPS) is 11.3. The number of anilines is 1. The third-order valence-corrected chi connectivity index (χ3v) is 2.04. The molecule has 0 atom stereocenters. The van der Waals surface area contributed by atoms with Gasteiger partial charge in [-0.2, -0.15) is 0 Å². The van der Waals surface area contributed by atoms with Gasteiger partial charge in [0.2, 0.25) is 0 Å². The van der Waals surface area contributed by atoms with Crippen LogP contribution in [0.2, 0.25) is 0 Å². The second-order valence-corrected chi connectivity index (χ2v) is 5.64. The molecule has 1 rings (SSSR count). The molecule has 0 aromatic heterocycles. The summed E-state index contributed by atoms with van der Waals surface area (Å²) in [6.07, 6.45) is -0.0995. The molecule has 0 bridgehead atoms. The van der Waals surface area contributed by atoms with Crippen LogP contribution < -0.4 is 15.4 Å². The van der Waals surface area contributed by atoms with Crippen molar-refractivity contribution in [3.8, 4) is 5.75 Å². The summed E-state index contributed by atoms with van der Waals surface area (Å²) in [5.74, 6) is -0.320. The fourth-order valence-corrected chi connectivity index (χ4v) is 1.43. The van der Waals surface area contributed by atoms with Crippen molar-refractivity contribution in [3.05, 3.63) is 24.0 Å². The standard InChI is InChI=1S/C14H21FN2O2/c1-9(2)19-12-7-6-10(8-11(12)15)16-13(18)17-14(3,4)5/h6-9H,1-5H3,(H2,16,17,18). The largest absolute Gasteiger partial charge is 0.488 e. The topological polar surface area (TPSA) is 50.4 Å². The summed E-state index contributed by atoms with van der Waals surface area (Å²) in [4.78, 5) is 11.6. The Kier molecular flexibility index (Phi) is 4.75. The van der Waals surface area contributed by atoms with Crippen molar-refractivity contribution < 1.29 is 13.9 Å². The van der Waals surface area contributed by atoms with Gasteiger partial charge in [0.25, 0.3) is 0 Å². The molecule has 4 nitrogen and oxygen atoms in total. The van der Waals surface area contributed by atoms with Gasteiger partial charge < -0.3 is 15.4 Å². The summed E-state index contributed by atoms with van der Waals surface area (Å²) in [5, 5.41) is 5.30. The Hall–Kier alpha value is -1.78. The predicted octanol–water partition coefficient (Wildman–Crippen LogP) is 3.53. The number of ether oxygens (including phenoxy) is 1. The SMILES string of the molecule is CC(C)Oc1ccc(NC(=O)NC(C)(C)C)cc1F. The third kappa shape index (κ3) is 5.59. The summed E-state index contributed by atoms with van der Waals surface area (Å²) in [6, 6.07) is 3.97. The molecule has 0 radical (unpaired) electrons. The molecule has 0 spiro atoms. The Bertz CT molecular complexity index is 453. The lowest BCUT2D eigenvalue weighted by atomic mass is 10.1. The lowest BCUT2D eigenvalue weighted by Crippen LogP contribution is -2.43. The average Bonchev–Trinajstić information content (AvgIpc) is 2.18. The molecule has 1 aromatic carbocycles. The first-order valence-corrected chi connectivity index (χ1v) is 6.23. The van der Waals surface area contributed by atoms with Crippen LogP contribution in [0.15, 0.2) is 18.2 Å². The Morgan fingerprint density at radius 3 is 2.42 bits per heavy atom. The molecule has 0 heterocycles. The van der Waals surface area contributed by atoms with Crippen molar-refractivity contribution >= 4 is 11.7 Å². The Morgan fingerprint density at radius 1 is 1.32 bits per heavy atom. The van der Waals surface area contributed by atoms with E-state index in [1.54, 1.807) is 6.07 Å². The van der Waals surface area contributed by atoms with Gasteiger partial charge in [-0.15, -0.1) is 0 Å². The van der Waals surface area contributed by atoms with E-state index in [2.05, 4.69) is 10.6 Å². The molecule has 0 fully saturated rings. The number of amides is 2. The Morgan fingerprint density at radius 2 is 1.95 bits per heavy atom. The molecule has 106 valence electrons. The van der Waals surface area contributed by atoms with Crippen LogP contribution in [0.1, 0.15) is 34.6 Å².